The maximum absolute atomic E-state index is 12.9. The van der Waals surface area contributed by atoms with Crippen LogP contribution in [-0.2, 0) is 0 Å². The van der Waals surface area contributed by atoms with Gasteiger partial charge in [-0.3, -0.25) is 0 Å². The van der Waals surface area contributed by atoms with Crippen LogP contribution in [0.1, 0.15) is 4.88 Å². The molecule has 0 aliphatic heterocycles. The number of hydrogen-bond donors (Lipinski definition) is 1. The van der Waals surface area contributed by atoms with E-state index >= 15 is 0 Å². The van der Waals surface area contributed by atoms with E-state index in [9.17, 15) is 4.39 Å². The summed E-state index contributed by atoms with van der Waals surface area (Å²) < 4.78 is 13.7. The first-order valence-corrected chi connectivity index (χ1v) is 4.79. The van der Waals surface area contributed by atoms with Crippen molar-refractivity contribution in [1.82, 2.24) is 0 Å². The number of thiophene rings is 1. The Morgan fingerprint density at radius 3 is 2.85 bits per heavy atom. The van der Waals surface area contributed by atoms with Crippen molar-refractivity contribution < 1.29 is 4.39 Å². The Morgan fingerprint density at radius 1 is 1.38 bits per heavy atom. The van der Waals surface area contributed by atoms with Gasteiger partial charge in [0.1, 0.15) is 16.8 Å². The van der Waals surface area contributed by atoms with Gasteiger partial charge < -0.3 is 0 Å². The van der Waals surface area contributed by atoms with Crippen molar-refractivity contribution in [2.24, 2.45) is 0 Å². The maximum Gasteiger partial charge on any atom is 0.125 e. The molecular formula is C9H4FNS2. The molecule has 13 heavy (non-hydrogen) atoms. The SMILES string of the molecule is N#Cc1cc2c(S)cc(F)cc2s1. The van der Waals surface area contributed by atoms with Crippen LogP contribution in [0.15, 0.2) is 23.1 Å². The van der Waals surface area contributed by atoms with Gasteiger partial charge >= 0.3 is 0 Å². The molecule has 2 rings (SSSR count). The van der Waals surface area contributed by atoms with Crippen LogP contribution in [-0.4, -0.2) is 0 Å². The zero-order valence-electron chi connectivity index (χ0n) is 6.41. The Labute approximate surface area is 83.8 Å². The van der Waals surface area contributed by atoms with Crippen molar-refractivity contribution in [2.75, 3.05) is 0 Å². The highest BCUT2D eigenvalue weighted by Gasteiger charge is 2.05. The maximum atomic E-state index is 12.9. The lowest BCUT2D eigenvalue weighted by Crippen LogP contribution is -1.73. The van der Waals surface area contributed by atoms with Crippen LogP contribution < -0.4 is 0 Å². The largest absolute Gasteiger partial charge is 0.207 e. The highest BCUT2D eigenvalue weighted by Crippen LogP contribution is 2.30. The summed E-state index contributed by atoms with van der Waals surface area (Å²) in [6, 6.07) is 6.51. The van der Waals surface area contributed by atoms with E-state index in [0.29, 0.717) is 9.77 Å². The summed E-state index contributed by atoms with van der Waals surface area (Å²) in [6.45, 7) is 0. The first-order chi connectivity index (χ1) is 6.20. The van der Waals surface area contributed by atoms with Crippen molar-refractivity contribution in [3.63, 3.8) is 0 Å². The van der Waals surface area contributed by atoms with Gasteiger partial charge in [-0.25, -0.2) is 4.39 Å². The second kappa shape index (κ2) is 3.02. The van der Waals surface area contributed by atoms with Crippen molar-refractivity contribution in [1.29, 1.82) is 5.26 Å². The molecule has 0 aliphatic rings. The van der Waals surface area contributed by atoms with Crippen LogP contribution in [0, 0.1) is 17.1 Å². The molecule has 1 heterocycles. The average molecular weight is 209 g/mol. The molecule has 0 fully saturated rings. The molecule has 0 amide bonds. The number of rotatable bonds is 0. The highest BCUT2D eigenvalue weighted by atomic mass is 32.1. The van der Waals surface area contributed by atoms with E-state index in [1.165, 1.54) is 23.5 Å². The third-order valence-electron chi connectivity index (χ3n) is 1.69. The summed E-state index contributed by atoms with van der Waals surface area (Å²) in [7, 11) is 0. The Bertz CT molecular complexity index is 510. The van der Waals surface area contributed by atoms with Gasteiger partial charge in [0.05, 0.1) is 0 Å². The topological polar surface area (TPSA) is 23.8 Å². The fraction of sp³-hybridized carbons (Fsp3) is 0. The zero-order chi connectivity index (χ0) is 9.42. The standard InChI is InChI=1S/C9H4FNS2/c10-5-1-8(12)7-3-6(4-11)13-9(7)2-5/h1-3,12H. The van der Waals surface area contributed by atoms with Crippen molar-refractivity contribution in [3.8, 4) is 6.07 Å². The summed E-state index contributed by atoms with van der Waals surface area (Å²) in [5, 5.41) is 9.48. The molecule has 0 aliphatic carbocycles. The van der Waals surface area contributed by atoms with E-state index in [4.69, 9.17) is 5.26 Å². The highest BCUT2D eigenvalue weighted by molar-refractivity contribution is 7.80. The second-order valence-corrected chi connectivity index (χ2v) is 4.12. The quantitative estimate of drug-likeness (QED) is 0.662. The molecule has 1 aromatic heterocycles. The van der Waals surface area contributed by atoms with E-state index in [1.807, 2.05) is 6.07 Å². The van der Waals surface area contributed by atoms with Crippen LogP contribution in [0.4, 0.5) is 4.39 Å². The van der Waals surface area contributed by atoms with Gasteiger partial charge in [-0.1, -0.05) is 0 Å². The Morgan fingerprint density at radius 2 is 2.15 bits per heavy atom. The van der Waals surface area contributed by atoms with Crippen LogP contribution >= 0.6 is 24.0 Å². The number of halogens is 1. The molecule has 0 atom stereocenters. The van der Waals surface area contributed by atoms with Crippen LogP contribution in [0.25, 0.3) is 10.1 Å². The average Bonchev–Trinajstić information content (AvgIpc) is 2.47. The van der Waals surface area contributed by atoms with Crippen LogP contribution in [0.2, 0.25) is 0 Å². The number of nitrogens with zero attached hydrogens (tertiary/aromatic N) is 1. The Hall–Kier alpha value is -1.05. The number of benzene rings is 1. The van der Waals surface area contributed by atoms with Gasteiger partial charge in [0.2, 0.25) is 0 Å². The molecule has 0 saturated carbocycles. The summed E-state index contributed by atoms with van der Waals surface area (Å²) >= 11 is 5.41. The number of nitriles is 1. The number of thiol groups is 1. The van der Waals surface area contributed by atoms with Gasteiger partial charge in [0.25, 0.3) is 0 Å². The monoisotopic (exact) mass is 209 g/mol. The first-order valence-electron chi connectivity index (χ1n) is 3.53. The van der Waals surface area contributed by atoms with E-state index < -0.39 is 0 Å². The molecule has 0 spiro atoms. The molecular weight excluding hydrogens is 205 g/mol. The zero-order valence-corrected chi connectivity index (χ0v) is 8.12. The fourth-order valence-electron chi connectivity index (χ4n) is 1.14. The predicted molar refractivity (Wildman–Crippen MR) is 53.8 cm³/mol. The normalized spacial score (nSPS) is 10.2. The molecule has 2 aromatic rings. The van der Waals surface area contributed by atoms with Crippen molar-refractivity contribution in [2.45, 2.75) is 4.90 Å². The van der Waals surface area contributed by atoms with Gasteiger partial charge in [-0.05, 0) is 18.2 Å². The smallest absolute Gasteiger partial charge is 0.125 e. The van der Waals surface area contributed by atoms with Crippen molar-refractivity contribution >= 4 is 34.1 Å². The second-order valence-electron chi connectivity index (χ2n) is 2.56. The molecule has 0 unspecified atom stereocenters. The lowest BCUT2D eigenvalue weighted by Gasteiger charge is -1.93. The first kappa shape index (κ1) is 8.54. The lowest BCUT2D eigenvalue weighted by atomic mass is 10.2. The molecule has 1 aromatic carbocycles. The van der Waals surface area contributed by atoms with E-state index in [-0.39, 0.29) is 5.82 Å². The fourth-order valence-corrected chi connectivity index (χ4v) is 2.44. The van der Waals surface area contributed by atoms with E-state index in [1.54, 1.807) is 6.07 Å². The van der Waals surface area contributed by atoms with E-state index in [2.05, 4.69) is 12.6 Å². The molecule has 4 heteroatoms. The van der Waals surface area contributed by atoms with Gasteiger partial charge in [-0.2, -0.15) is 5.26 Å². The molecule has 0 radical (unpaired) electrons. The van der Waals surface area contributed by atoms with Gasteiger partial charge in [0.15, 0.2) is 0 Å². The molecule has 1 nitrogen and oxygen atoms in total. The summed E-state index contributed by atoms with van der Waals surface area (Å²) in [5.74, 6) is -0.316. The van der Waals surface area contributed by atoms with E-state index in [0.717, 1.165) is 10.1 Å². The molecule has 0 N–H and O–H groups in total. The van der Waals surface area contributed by atoms with Crippen molar-refractivity contribution in [3.05, 3.63) is 28.9 Å². The third-order valence-corrected chi connectivity index (χ3v) is 3.05. The minimum absolute atomic E-state index is 0.316. The van der Waals surface area contributed by atoms with Crippen LogP contribution in [0.5, 0.6) is 0 Å². The molecule has 0 saturated heterocycles. The predicted octanol–water partition coefficient (Wildman–Crippen LogP) is 3.20. The summed E-state index contributed by atoms with van der Waals surface area (Å²) in [4.78, 5) is 1.16. The Balaban J connectivity index is 2.84. The van der Waals surface area contributed by atoms with Gasteiger partial charge in [-0.15, -0.1) is 24.0 Å². The van der Waals surface area contributed by atoms with Gasteiger partial charge in [0, 0.05) is 15.0 Å². The minimum atomic E-state index is -0.316. The number of fused-ring (bicyclic) bond motifs is 1. The summed E-state index contributed by atoms with van der Waals surface area (Å²) in [6.07, 6.45) is 0. The minimum Gasteiger partial charge on any atom is -0.207 e. The molecule has 64 valence electrons. The Kier molecular flexibility index (Phi) is 1.98. The third kappa shape index (κ3) is 1.41. The summed E-state index contributed by atoms with van der Waals surface area (Å²) in [5.41, 5.74) is 0. The number of hydrogen-bond acceptors (Lipinski definition) is 3. The molecule has 0 bridgehead atoms. The van der Waals surface area contributed by atoms with Crippen LogP contribution in [0.3, 0.4) is 0 Å². The lowest BCUT2D eigenvalue weighted by molar-refractivity contribution is 0.627.